The smallest absolute Gasteiger partial charge is 0.303 e. The van der Waals surface area contributed by atoms with E-state index in [9.17, 15) is 4.79 Å². The molecule has 6 atom stereocenters. The first-order chi connectivity index (χ1) is 8.55. The van der Waals surface area contributed by atoms with E-state index in [1.807, 2.05) is 0 Å². The number of ether oxygens (including phenoxy) is 2. The predicted molar refractivity (Wildman–Crippen MR) is 68.1 cm³/mol. The van der Waals surface area contributed by atoms with Crippen LogP contribution in [0.3, 0.4) is 0 Å². The first-order valence-corrected chi connectivity index (χ1v) is 7.40. The van der Waals surface area contributed by atoms with Crippen LogP contribution in [-0.4, -0.2) is 23.8 Å². The molecule has 3 heteroatoms. The number of carbonyl (C=O) groups is 1. The molecule has 3 rings (SSSR count). The lowest BCUT2D eigenvalue weighted by Gasteiger charge is -2.40. The monoisotopic (exact) mass is 252 g/mol. The van der Waals surface area contributed by atoms with Gasteiger partial charge in [0.25, 0.3) is 0 Å². The Labute approximate surface area is 109 Å². The van der Waals surface area contributed by atoms with Crippen LogP contribution in [0.25, 0.3) is 0 Å². The summed E-state index contributed by atoms with van der Waals surface area (Å²) in [6.07, 6.45) is 6.75. The maximum atomic E-state index is 11.3. The maximum absolute atomic E-state index is 11.3. The molecule has 102 valence electrons. The molecule has 2 saturated heterocycles. The molecule has 2 bridgehead atoms. The van der Waals surface area contributed by atoms with Gasteiger partial charge in [-0.15, -0.1) is 0 Å². The number of hydrogen-bond acceptors (Lipinski definition) is 3. The Morgan fingerprint density at radius 1 is 1.39 bits per heavy atom. The molecule has 6 unspecified atom stereocenters. The van der Waals surface area contributed by atoms with Crippen LogP contribution in [0, 0.1) is 17.8 Å². The molecule has 0 aromatic carbocycles. The first-order valence-electron chi connectivity index (χ1n) is 7.40. The second kappa shape index (κ2) is 4.22. The van der Waals surface area contributed by atoms with Crippen molar-refractivity contribution >= 4 is 5.97 Å². The van der Waals surface area contributed by atoms with E-state index in [0.29, 0.717) is 18.1 Å². The third kappa shape index (κ3) is 1.70. The van der Waals surface area contributed by atoms with Crippen molar-refractivity contribution in [3.05, 3.63) is 0 Å². The molecule has 2 aliphatic heterocycles. The minimum Gasteiger partial charge on any atom is -0.459 e. The van der Waals surface area contributed by atoms with Crippen molar-refractivity contribution in [1.82, 2.24) is 0 Å². The summed E-state index contributed by atoms with van der Waals surface area (Å²) in [4.78, 5) is 11.3. The molecular formula is C15H24O3. The Morgan fingerprint density at radius 3 is 2.78 bits per heavy atom. The highest BCUT2D eigenvalue weighted by Gasteiger charge is 2.60. The zero-order valence-corrected chi connectivity index (χ0v) is 11.6. The molecule has 0 N–H and O–H groups in total. The summed E-state index contributed by atoms with van der Waals surface area (Å²) in [7, 11) is 0. The predicted octanol–water partition coefficient (Wildman–Crippen LogP) is 2.92. The van der Waals surface area contributed by atoms with Gasteiger partial charge in [0.2, 0.25) is 0 Å². The standard InChI is InChI=1S/C15H24O3/c1-4-15(3,18-9(2)16)12-8-13-10-6-5-7-11(10)14(12)17-13/h10-14H,4-8H2,1-3H3. The van der Waals surface area contributed by atoms with Crippen molar-refractivity contribution in [2.75, 3.05) is 0 Å². The second-order valence-corrected chi connectivity index (χ2v) is 6.50. The minimum atomic E-state index is -0.335. The number of rotatable bonds is 3. The molecule has 0 aromatic heterocycles. The Morgan fingerprint density at radius 2 is 2.11 bits per heavy atom. The van der Waals surface area contributed by atoms with Crippen molar-refractivity contribution in [3.63, 3.8) is 0 Å². The molecule has 0 aromatic rings. The van der Waals surface area contributed by atoms with Gasteiger partial charge in [0.1, 0.15) is 5.60 Å². The van der Waals surface area contributed by atoms with Crippen molar-refractivity contribution in [2.24, 2.45) is 17.8 Å². The van der Waals surface area contributed by atoms with E-state index in [1.165, 1.54) is 26.2 Å². The highest BCUT2D eigenvalue weighted by atomic mass is 16.6. The minimum absolute atomic E-state index is 0.162. The normalized spacial score (nSPS) is 44.7. The zero-order valence-electron chi connectivity index (χ0n) is 11.6. The van der Waals surface area contributed by atoms with Crippen molar-refractivity contribution in [3.8, 4) is 0 Å². The number of fused-ring (bicyclic) bond motifs is 5. The topological polar surface area (TPSA) is 35.5 Å². The Bertz CT molecular complexity index is 354. The van der Waals surface area contributed by atoms with Gasteiger partial charge in [-0.1, -0.05) is 13.3 Å². The number of hydrogen-bond donors (Lipinski definition) is 0. The number of carbonyl (C=O) groups excluding carboxylic acids is 1. The van der Waals surface area contributed by atoms with Crippen LogP contribution >= 0.6 is 0 Å². The van der Waals surface area contributed by atoms with Gasteiger partial charge in [0.05, 0.1) is 12.2 Å². The summed E-state index contributed by atoms with van der Waals surface area (Å²) in [5.74, 6) is 1.76. The van der Waals surface area contributed by atoms with Crippen LogP contribution in [0.2, 0.25) is 0 Å². The van der Waals surface area contributed by atoms with Gasteiger partial charge in [-0.2, -0.15) is 0 Å². The summed E-state index contributed by atoms with van der Waals surface area (Å²) >= 11 is 0. The van der Waals surface area contributed by atoms with Crippen molar-refractivity contribution in [2.45, 2.75) is 70.7 Å². The highest BCUT2D eigenvalue weighted by molar-refractivity contribution is 5.66. The quantitative estimate of drug-likeness (QED) is 0.724. The zero-order chi connectivity index (χ0) is 12.9. The molecule has 1 saturated carbocycles. The fraction of sp³-hybridized carbons (Fsp3) is 0.933. The Balaban J connectivity index is 1.79. The molecule has 2 heterocycles. The third-order valence-corrected chi connectivity index (χ3v) is 5.60. The van der Waals surface area contributed by atoms with Crippen LogP contribution in [0.5, 0.6) is 0 Å². The summed E-state index contributed by atoms with van der Waals surface area (Å²) < 4.78 is 11.8. The molecule has 3 fully saturated rings. The SMILES string of the molecule is CCC(C)(OC(C)=O)C1CC2OC1C1CCCC21. The van der Waals surface area contributed by atoms with Crippen LogP contribution in [-0.2, 0) is 14.3 Å². The van der Waals surface area contributed by atoms with E-state index in [0.717, 1.165) is 24.7 Å². The van der Waals surface area contributed by atoms with Crippen molar-refractivity contribution in [1.29, 1.82) is 0 Å². The average molecular weight is 252 g/mol. The van der Waals surface area contributed by atoms with E-state index >= 15 is 0 Å². The fourth-order valence-electron chi connectivity index (χ4n) is 4.63. The molecule has 0 spiro atoms. The Hall–Kier alpha value is -0.570. The largest absolute Gasteiger partial charge is 0.459 e. The van der Waals surface area contributed by atoms with Crippen LogP contribution in [0.15, 0.2) is 0 Å². The van der Waals surface area contributed by atoms with E-state index in [1.54, 1.807) is 0 Å². The number of esters is 1. The summed E-state index contributed by atoms with van der Waals surface area (Å²) in [5.41, 5.74) is -0.335. The molecule has 0 radical (unpaired) electrons. The molecular weight excluding hydrogens is 228 g/mol. The van der Waals surface area contributed by atoms with Gasteiger partial charge in [0.15, 0.2) is 0 Å². The third-order valence-electron chi connectivity index (χ3n) is 5.60. The fourth-order valence-corrected chi connectivity index (χ4v) is 4.63. The van der Waals surface area contributed by atoms with E-state index in [4.69, 9.17) is 9.47 Å². The molecule has 3 aliphatic rings. The summed E-state index contributed by atoms with van der Waals surface area (Å²) in [5, 5.41) is 0. The molecule has 0 amide bonds. The lowest BCUT2D eigenvalue weighted by molar-refractivity contribution is -0.165. The Kier molecular flexibility index (Phi) is 2.92. The molecule has 1 aliphatic carbocycles. The second-order valence-electron chi connectivity index (χ2n) is 6.50. The lowest BCUT2D eigenvalue weighted by atomic mass is 9.69. The van der Waals surface area contributed by atoms with Crippen LogP contribution < -0.4 is 0 Å². The van der Waals surface area contributed by atoms with Gasteiger partial charge in [0, 0.05) is 12.8 Å². The van der Waals surface area contributed by atoms with Crippen LogP contribution in [0.1, 0.15) is 52.9 Å². The van der Waals surface area contributed by atoms with Crippen molar-refractivity contribution < 1.29 is 14.3 Å². The molecule has 18 heavy (non-hydrogen) atoms. The molecule has 3 nitrogen and oxygen atoms in total. The van der Waals surface area contributed by atoms with Gasteiger partial charge in [-0.05, 0) is 44.4 Å². The first kappa shape index (κ1) is 12.5. The van der Waals surface area contributed by atoms with Gasteiger partial charge in [-0.25, -0.2) is 0 Å². The average Bonchev–Trinajstić information content (AvgIpc) is 2.99. The van der Waals surface area contributed by atoms with Gasteiger partial charge < -0.3 is 9.47 Å². The lowest BCUT2D eigenvalue weighted by Crippen LogP contribution is -2.46. The maximum Gasteiger partial charge on any atom is 0.303 e. The van der Waals surface area contributed by atoms with Gasteiger partial charge in [-0.3, -0.25) is 4.79 Å². The van der Waals surface area contributed by atoms with E-state index in [-0.39, 0.29) is 11.6 Å². The van der Waals surface area contributed by atoms with E-state index < -0.39 is 0 Å². The summed E-state index contributed by atoms with van der Waals surface area (Å²) in [6, 6.07) is 0. The van der Waals surface area contributed by atoms with E-state index in [2.05, 4.69) is 13.8 Å². The van der Waals surface area contributed by atoms with Crippen LogP contribution in [0.4, 0.5) is 0 Å². The van der Waals surface area contributed by atoms with Gasteiger partial charge >= 0.3 is 5.97 Å². The summed E-state index contributed by atoms with van der Waals surface area (Å²) in [6.45, 7) is 5.72. The highest BCUT2D eigenvalue weighted by Crippen LogP contribution is 2.57.